The van der Waals surface area contributed by atoms with Crippen LogP contribution in [0.15, 0.2) is 109 Å². The van der Waals surface area contributed by atoms with Gasteiger partial charge in [0, 0.05) is 44.5 Å². The summed E-state index contributed by atoms with van der Waals surface area (Å²) in [6.45, 7) is 4.00. The summed E-state index contributed by atoms with van der Waals surface area (Å²) in [5.74, 6) is 0.701. The van der Waals surface area contributed by atoms with Gasteiger partial charge in [-0.3, -0.25) is 10.1 Å². The smallest absolute Gasteiger partial charge is 0.247 e. The number of nitrogens with zero attached hydrogens (tertiary/aromatic N) is 2. The Bertz CT molecular complexity index is 1430. The maximum absolute atomic E-state index is 14.2. The van der Waals surface area contributed by atoms with Crippen LogP contribution in [0.25, 0.3) is 0 Å². The van der Waals surface area contributed by atoms with Crippen molar-refractivity contribution < 1.29 is 14.3 Å². The van der Waals surface area contributed by atoms with Gasteiger partial charge in [-0.15, -0.1) is 0 Å². The summed E-state index contributed by atoms with van der Waals surface area (Å²) in [5.41, 5.74) is 4.71. The Hall–Kier alpha value is -4.13. The van der Waals surface area contributed by atoms with Gasteiger partial charge in [-0.25, -0.2) is 0 Å². The van der Waals surface area contributed by atoms with Crippen molar-refractivity contribution in [1.29, 1.82) is 0 Å². The summed E-state index contributed by atoms with van der Waals surface area (Å²) in [7, 11) is 1.86. The molecule has 4 aromatic rings. The molecule has 2 fully saturated rings. The van der Waals surface area contributed by atoms with Gasteiger partial charge in [-0.1, -0.05) is 91.0 Å². The van der Waals surface area contributed by atoms with Gasteiger partial charge >= 0.3 is 0 Å². The van der Waals surface area contributed by atoms with E-state index in [4.69, 9.17) is 9.47 Å². The van der Waals surface area contributed by atoms with Crippen molar-refractivity contribution in [2.75, 3.05) is 49.8 Å². The van der Waals surface area contributed by atoms with Crippen molar-refractivity contribution >= 4 is 17.3 Å². The van der Waals surface area contributed by atoms with Gasteiger partial charge in [0.25, 0.3) is 0 Å². The molecule has 42 heavy (non-hydrogen) atoms. The molecule has 6 heteroatoms. The molecule has 1 amide bonds. The zero-order valence-corrected chi connectivity index (χ0v) is 24.0. The molecule has 6 nitrogen and oxygen atoms in total. The Labute approximate surface area is 247 Å². The first-order valence-corrected chi connectivity index (χ1v) is 14.9. The Kier molecular flexibility index (Phi) is 6.96. The lowest BCUT2D eigenvalue weighted by Gasteiger charge is -2.53. The predicted octanol–water partition coefficient (Wildman–Crippen LogP) is 5.61. The van der Waals surface area contributed by atoms with Crippen molar-refractivity contribution in [2.24, 2.45) is 5.41 Å². The van der Waals surface area contributed by atoms with Gasteiger partial charge in [-0.05, 0) is 47.7 Å². The second-order valence-corrected chi connectivity index (χ2v) is 11.9. The van der Waals surface area contributed by atoms with Gasteiger partial charge in [0.15, 0.2) is 0 Å². The van der Waals surface area contributed by atoms with E-state index < -0.39 is 11.6 Å². The van der Waals surface area contributed by atoms with E-state index in [-0.39, 0.29) is 12.5 Å². The van der Waals surface area contributed by atoms with Crippen LogP contribution >= 0.6 is 0 Å². The Morgan fingerprint density at radius 3 is 1.88 bits per heavy atom. The zero-order valence-electron chi connectivity index (χ0n) is 24.0. The molecule has 3 aliphatic heterocycles. The molecular formula is C36H37N3O3. The number of likely N-dealkylation sites (N-methyl/N-ethyl adjacent to an activating group) is 1. The molecule has 0 saturated carbocycles. The van der Waals surface area contributed by atoms with Crippen LogP contribution < -0.4 is 19.9 Å². The number of benzene rings is 4. The Morgan fingerprint density at radius 1 is 0.786 bits per heavy atom. The van der Waals surface area contributed by atoms with Gasteiger partial charge < -0.3 is 19.3 Å². The minimum atomic E-state index is -0.772. The molecule has 1 N–H and O–H groups in total. The number of anilines is 2. The number of ether oxygens (including phenoxy) is 2. The molecule has 0 aliphatic carbocycles. The van der Waals surface area contributed by atoms with Crippen molar-refractivity contribution in [2.45, 2.75) is 24.4 Å². The first-order valence-electron chi connectivity index (χ1n) is 14.9. The fourth-order valence-electron chi connectivity index (χ4n) is 6.93. The molecule has 3 heterocycles. The van der Waals surface area contributed by atoms with Crippen LogP contribution in [0.4, 0.5) is 11.4 Å². The van der Waals surface area contributed by atoms with Crippen molar-refractivity contribution in [3.8, 4) is 5.75 Å². The third kappa shape index (κ3) is 4.65. The molecule has 0 bridgehead atoms. The zero-order chi connectivity index (χ0) is 28.6. The predicted molar refractivity (Wildman–Crippen MR) is 166 cm³/mol. The van der Waals surface area contributed by atoms with E-state index in [9.17, 15) is 4.79 Å². The summed E-state index contributed by atoms with van der Waals surface area (Å²) in [4.78, 5) is 18.4. The monoisotopic (exact) mass is 559 g/mol. The maximum atomic E-state index is 14.2. The van der Waals surface area contributed by atoms with E-state index in [0.717, 1.165) is 73.0 Å². The molecule has 1 atom stereocenters. The van der Waals surface area contributed by atoms with Crippen LogP contribution in [0.3, 0.4) is 0 Å². The molecule has 4 aromatic carbocycles. The van der Waals surface area contributed by atoms with E-state index in [1.54, 1.807) is 4.90 Å². The van der Waals surface area contributed by atoms with Crippen LogP contribution in [-0.4, -0.2) is 51.9 Å². The first kappa shape index (κ1) is 26.7. The Morgan fingerprint density at radius 2 is 1.33 bits per heavy atom. The molecule has 0 aromatic heterocycles. The SMILES string of the molecule is CN1C(=O)C(NC(c2ccccc2)(c2ccccc2)c2ccccc2)COc2ccc(N3CC4(CCOCC4)C3)cc21. The van der Waals surface area contributed by atoms with E-state index in [0.29, 0.717) is 5.41 Å². The van der Waals surface area contributed by atoms with Crippen molar-refractivity contribution in [3.05, 3.63) is 126 Å². The third-order valence-electron chi connectivity index (χ3n) is 9.32. The minimum absolute atomic E-state index is 0.0254. The highest BCUT2D eigenvalue weighted by molar-refractivity contribution is 5.99. The average molecular weight is 560 g/mol. The lowest BCUT2D eigenvalue weighted by Crippen LogP contribution is -2.58. The molecule has 1 spiro atoms. The molecule has 0 radical (unpaired) electrons. The fraction of sp³-hybridized carbons (Fsp3) is 0.306. The van der Waals surface area contributed by atoms with E-state index in [1.165, 1.54) is 0 Å². The molecule has 214 valence electrons. The van der Waals surface area contributed by atoms with Crippen LogP contribution in [0.5, 0.6) is 5.75 Å². The van der Waals surface area contributed by atoms with Crippen LogP contribution in [0.2, 0.25) is 0 Å². The quantitative estimate of drug-likeness (QED) is 0.312. The maximum Gasteiger partial charge on any atom is 0.247 e. The van der Waals surface area contributed by atoms with Crippen molar-refractivity contribution in [1.82, 2.24) is 5.32 Å². The van der Waals surface area contributed by atoms with Gasteiger partial charge in [0.2, 0.25) is 5.91 Å². The Balaban J connectivity index is 1.22. The number of carbonyl (C=O) groups is 1. The fourth-order valence-corrected chi connectivity index (χ4v) is 6.93. The number of amides is 1. The second-order valence-electron chi connectivity index (χ2n) is 11.9. The van der Waals surface area contributed by atoms with Crippen molar-refractivity contribution in [3.63, 3.8) is 0 Å². The highest BCUT2D eigenvalue weighted by Crippen LogP contribution is 2.44. The standard InChI is InChI=1S/C36H37N3O3/c1-38-32-23-30(39-25-35(26-39)19-21-41-22-20-35)17-18-33(32)42-24-31(34(38)40)37-36(27-11-5-2-6-12-27,28-13-7-3-8-14-28)29-15-9-4-10-16-29/h2-18,23,31,37H,19-22,24-26H2,1H3. The average Bonchev–Trinajstić information content (AvgIpc) is 3.15. The van der Waals surface area contributed by atoms with Gasteiger partial charge in [-0.2, -0.15) is 0 Å². The van der Waals surface area contributed by atoms with Gasteiger partial charge in [0.05, 0.1) is 11.2 Å². The van der Waals surface area contributed by atoms with Crippen LogP contribution in [0, 0.1) is 5.41 Å². The van der Waals surface area contributed by atoms with Crippen LogP contribution in [0.1, 0.15) is 29.5 Å². The summed E-state index contributed by atoms with van der Waals surface area (Å²) >= 11 is 0. The molecule has 7 rings (SSSR count). The number of rotatable bonds is 6. The summed E-state index contributed by atoms with van der Waals surface area (Å²) in [6.07, 6.45) is 2.24. The highest BCUT2D eigenvalue weighted by Gasteiger charge is 2.45. The first-order chi connectivity index (χ1) is 20.6. The summed E-state index contributed by atoms with van der Waals surface area (Å²) < 4.78 is 12.0. The number of fused-ring (bicyclic) bond motifs is 1. The molecular weight excluding hydrogens is 522 g/mol. The lowest BCUT2D eigenvalue weighted by atomic mass is 9.73. The van der Waals surface area contributed by atoms with E-state index >= 15 is 0 Å². The number of carbonyl (C=O) groups excluding carboxylic acids is 1. The normalized spacial score (nSPS) is 19.9. The number of nitrogens with one attached hydrogen (secondary N) is 1. The minimum Gasteiger partial charge on any atom is -0.489 e. The lowest BCUT2D eigenvalue weighted by molar-refractivity contribution is -0.121. The molecule has 2 saturated heterocycles. The van der Waals surface area contributed by atoms with Crippen LogP contribution in [-0.2, 0) is 15.1 Å². The van der Waals surface area contributed by atoms with Gasteiger partial charge in [0.1, 0.15) is 18.4 Å². The highest BCUT2D eigenvalue weighted by atomic mass is 16.5. The number of hydrogen-bond donors (Lipinski definition) is 1. The molecule has 1 unspecified atom stereocenters. The van der Waals surface area contributed by atoms with E-state index in [2.05, 4.69) is 58.7 Å². The summed E-state index contributed by atoms with van der Waals surface area (Å²) in [5, 5.41) is 3.83. The molecule has 3 aliphatic rings. The second kappa shape index (κ2) is 10.9. The largest absolute Gasteiger partial charge is 0.489 e. The summed E-state index contributed by atoms with van der Waals surface area (Å²) in [6, 6.07) is 36.8. The van der Waals surface area contributed by atoms with E-state index in [1.807, 2.05) is 67.7 Å². The third-order valence-corrected chi connectivity index (χ3v) is 9.32. The topological polar surface area (TPSA) is 54.0 Å². The number of hydrogen-bond acceptors (Lipinski definition) is 5.